The smallest absolute Gasteiger partial charge is 0.410 e. The molecule has 5 rings (SSSR count). The molecule has 3 aromatic rings. The number of ether oxygens (including phenoxy) is 2. The fourth-order valence-corrected chi connectivity index (χ4v) is 5.50. The van der Waals surface area contributed by atoms with Gasteiger partial charge >= 0.3 is 6.09 Å². The van der Waals surface area contributed by atoms with E-state index in [0.29, 0.717) is 60.1 Å². The molecule has 234 valence electrons. The number of fused-ring (bicyclic) bond motifs is 1. The Balaban J connectivity index is 1.32. The lowest BCUT2D eigenvalue weighted by Crippen LogP contribution is -2.51. The molecular formula is C32H37F3N6O3. The minimum absolute atomic E-state index is 0.0628. The molecule has 0 radical (unpaired) electrons. The number of carbonyl (C=O) groups is 1. The number of pyridine rings is 1. The largest absolute Gasteiger partial charge is 0.481 e. The van der Waals surface area contributed by atoms with Crippen molar-refractivity contribution in [3.05, 3.63) is 64.0 Å². The highest BCUT2D eigenvalue weighted by Gasteiger charge is 2.55. The molecule has 2 aromatic heterocycles. The van der Waals surface area contributed by atoms with E-state index in [-0.39, 0.29) is 17.9 Å². The molecule has 0 unspecified atom stereocenters. The molecule has 1 aliphatic heterocycles. The van der Waals surface area contributed by atoms with Crippen molar-refractivity contribution in [1.29, 1.82) is 0 Å². The number of nitrogens with zero attached hydrogens (tertiary/aromatic N) is 5. The summed E-state index contributed by atoms with van der Waals surface area (Å²) in [6, 6.07) is 5.06. The second-order valence-electron chi connectivity index (χ2n) is 12.7. The molecular weight excluding hydrogens is 573 g/mol. The Morgan fingerprint density at radius 1 is 1.23 bits per heavy atom. The lowest BCUT2D eigenvalue weighted by atomic mass is 9.90. The Hall–Kier alpha value is -4.14. The number of hydrogen-bond donors (Lipinski definition) is 1. The first-order chi connectivity index (χ1) is 20.7. The fraction of sp³-hybridized carbons (Fsp3) is 0.531. The number of alkyl halides is 2. The minimum Gasteiger partial charge on any atom is -0.481 e. The van der Waals surface area contributed by atoms with Crippen molar-refractivity contribution >= 4 is 22.9 Å². The van der Waals surface area contributed by atoms with Gasteiger partial charge < -0.3 is 24.5 Å². The highest BCUT2D eigenvalue weighted by atomic mass is 19.3. The van der Waals surface area contributed by atoms with Crippen LogP contribution in [0, 0.1) is 25.2 Å². The molecule has 1 N–H and O–H groups in total. The van der Waals surface area contributed by atoms with Crippen LogP contribution in [0.5, 0.6) is 5.88 Å². The number of benzene rings is 1. The third-order valence-corrected chi connectivity index (χ3v) is 8.11. The van der Waals surface area contributed by atoms with Crippen LogP contribution in [0.15, 0.2) is 24.3 Å². The zero-order valence-electron chi connectivity index (χ0n) is 25.8. The van der Waals surface area contributed by atoms with Crippen LogP contribution in [0.4, 0.5) is 23.8 Å². The first-order valence-electron chi connectivity index (χ1n) is 14.7. The number of halogens is 3. The van der Waals surface area contributed by atoms with Crippen LogP contribution >= 0.6 is 0 Å². The lowest BCUT2D eigenvalue weighted by Gasteiger charge is -2.40. The number of anilines is 1. The first-order valence-corrected chi connectivity index (χ1v) is 14.7. The van der Waals surface area contributed by atoms with Crippen LogP contribution < -0.4 is 10.1 Å². The SMILES string of the molecule is [C-]#[N+]C1(c2cc3c(N[C@H](C)c4cccc(C(F)(F)CCC5CN(C(=O)OC(C)(C)C)C5)c4F)nc(C)nc3nc2OC)CC1. The Morgan fingerprint density at radius 3 is 2.55 bits per heavy atom. The molecule has 0 spiro atoms. The van der Waals surface area contributed by atoms with Gasteiger partial charge in [-0.05, 0) is 53.0 Å². The summed E-state index contributed by atoms with van der Waals surface area (Å²) in [5.74, 6) is -3.41. The molecule has 1 aromatic carbocycles. The molecule has 9 nitrogen and oxygen atoms in total. The van der Waals surface area contributed by atoms with Gasteiger partial charge in [0.05, 0.1) is 29.7 Å². The predicted molar refractivity (Wildman–Crippen MR) is 159 cm³/mol. The number of methoxy groups -OCH3 is 1. The number of carbonyl (C=O) groups excluding carboxylic acids is 1. The van der Waals surface area contributed by atoms with E-state index in [0.717, 1.165) is 6.07 Å². The fourth-order valence-electron chi connectivity index (χ4n) is 5.50. The third kappa shape index (κ3) is 6.23. The monoisotopic (exact) mass is 610 g/mol. The van der Waals surface area contributed by atoms with E-state index in [1.807, 2.05) is 0 Å². The summed E-state index contributed by atoms with van der Waals surface area (Å²) in [5, 5.41) is 3.70. The van der Waals surface area contributed by atoms with Gasteiger partial charge in [-0.15, -0.1) is 0 Å². The second-order valence-corrected chi connectivity index (χ2v) is 12.7. The molecule has 44 heavy (non-hydrogen) atoms. The van der Waals surface area contributed by atoms with Gasteiger partial charge in [-0.25, -0.2) is 34.5 Å². The molecule has 3 heterocycles. The third-order valence-electron chi connectivity index (χ3n) is 8.11. The van der Waals surface area contributed by atoms with Gasteiger partial charge in [0.15, 0.2) is 5.65 Å². The van der Waals surface area contributed by atoms with Gasteiger partial charge in [-0.1, -0.05) is 18.2 Å². The standard InChI is InChI=1S/C32H37F3N6O3/c1-18(37-26-22-15-24(31(36-6)13-14-31)28(43-7)40-27(22)39-19(2)38-26)21-9-8-10-23(25(21)33)32(34,35)12-11-20-16-41(17-20)29(42)44-30(3,4)5/h8-10,15,18,20H,11-14,16-17H2,1-5,7H3,(H,37,38,39,40)/t18-/m1/s1. The van der Waals surface area contributed by atoms with E-state index < -0.39 is 47.0 Å². The normalized spacial score (nSPS) is 17.0. The van der Waals surface area contributed by atoms with Crippen LogP contribution in [0.3, 0.4) is 0 Å². The summed E-state index contributed by atoms with van der Waals surface area (Å²) in [6.07, 6.45) is 0.497. The van der Waals surface area contributed by atoms with Gasteiger partial charge in [0.2, 0.25) is 5.88 Å². The number of likely N-dealkylation sites (tertiary alicyclic amines) is 1. The highest BCUT2D eigenvalue weighted by Crippen LogP contribution is 2.53. The number of hydrogen-bond acceptors (Lipinski definition) is 7. The van der Waals surface area contributed by atoms with Crippen LogP contribution in [0.2, 0.25) is 0 Å². The predicted octanol–water partition coefficient (Wildman–Crippen LogP) is 7.30. The van der Waals surface area contributed by atoms with E-state index in [4.69, 9.17) is 16.0 Å². The Kier molecular flexibility index (Phi) is 8.12. The molecule has 2 fully saturated rings. The maximum atomic E-state index is 15.7. The van der Waals surface area contributed by atoms with Crippen molar-refractivity contribution in [1.82, 2.24) is 19.9 Å². The van der Waals surface area contributed by atoms with Crippen molar-refractivity contribution in [3.8, 4) is 5.88 Å². The second kappa shape index (κ2) is 11.4. The summed E-state index contributed by atoms with van der Waals surface area (Å²) >= 11 is 0. The lowest BCUT2D eigenvalue weighted by molar-refractivity contribution is -0.0360. The Morgan fingerprint density at radius 2 is 1.93 bits per heavy atom. The van der Waals surface area contributed by atoms with Crippen LogP contribution in [0.1, 0.15) is 81.9 Å². The first kappa shape index (κ1) is 31.3. The maximum absolute atomic E-state index is 15.7. The van der Waals surface area contributed by atoms with Gasteiger partial charge in [-0.3, -0.25) is 0 Å². The molecule has 1 aliphatic carbocycles. The summed E-state index contributed by atoms with van der Waals surface area (Å²) in [7, 11) is 1.49. The summed E-state index contributed by atoms with van der Waals surface area (Å²) in [4.78, 5) is 30.9. The molecule has 0 bridgehead atoms. The van der Waals surface area contributed by atoms with Gasteiger partial charge in [0, 0.05) is 37.9 Å². The summed E-state index contributed by atoms with van der Waals surface area (Å²) < 4.78 is 57.3. The summed E-state index contributed by atoms with van der Waals surface area (Å²) in [5.41, 5.74) is -0.964. The quantitative estimate of drug-likeness (QED) is 0.254. The van der Waals surface area contributed by atoms with Crippen molar-refractivity contribution in [2.45, 2.75) is 83.4 Å². The molecule has 1 amide bonds. The van der Waals surface area contributed by atoms with Crippen LogP contribution in [-0.2, 0) is 16.2 Å². The van der Waals surface area contributed by atoms with E-state index in [9.17, 15) is 4.79 Å². The summed E-state index contributed by atoms with van der Waals surface area (Å²) in [6.45, 7) is 17.0. The van der Waals surface area contributed by atoms with E-state index in [2.05, 4.69) is 25.1 Å². The number of aromatic nitrogens is 3. The molecule has 1 atom stereocenters. The van der Waals surface area contributed by atoms with Crippen LogP contribution in [-0.4, -0.2) is 51.7 Å². The highest BCUT2D eigenvalue weighted by molar-refractivity contribution is 5.88. The zero-order chi connectivity index (χ0) is 32.0. The Labute approximate surface area is 255 Å². The zero-order valence-corrected chi connectivity index (χ0v) is 25.8. The molecule has 1 saturated heterocycles. The van der Waals surface area contributed by atoms with Gasteiger partial charge in [0.1, 0.15) is 23.1 Å². The molecule has 2 aliphatic rings. The Bertz CT molecular complexity index is 1620. The van der Waals surface area contributed by atoms with E-state index in [1.54, 1.807) is 40.7 Å². The number of rotatable bonds is 9. The van der Waals surface area contributed by atoms with Gasteiger partial charge in [-0.2, -0.15) is 4.98 Å². The number of aryl methyl sites for hydroxylation is 1. The molecule has 1 saturated carbocycles. The van der Waals surface area contributed by atoms with Crippen molar-refractivity contribution in [3.63, 3.8) is 0 Å². The van der Waals surface area contributed by atoms with Gasteiger partial charge in [0.25, 0.3) is 11.5 Å². The average Bonchev–Trinajstić information content (AvgIpc) is 3.71. The van der Waals surface area contributed by atoms with Crippen LogP contribution in [0.25, 0.3) is 15.9 Å². The topological polar surface area (TPSA) is 93.8 Å². The number of amides is 1. The van der Waals surface area contributed by atoms with Crippen molar-refractivity contribution in [2.75, 3.05) is 25.5 Å². The van der Waals surface area contributed by atoms with Crippen molar-refractivity contribution in [2.24, 2.45) is 5.92 Å². The average molecular weight is 611 g/mol. The minimum atomic E-state index is -3.40. The van der Waals surface area contributed by atoms with E-state index in [1.165, 1.54) is 24.1 Å². The van der Waals surface area contributed by atoms with Crippen molar-refractivity contribution < 1.29 is 27.4 Å². The molecule has 12 heteroatoms. The van der Waals surface area contributed by atoms with E-state index >= 15 is 13.2 Å². The number of nitrogens with one attached hydrogen (secondary N) is 1. The maximum Gasteiger partial charge on any atom is 0.410 e.